The molecule has 0 bridgehead atoms. The van der Waals surface area contributed by atoms with Crippen LogP contribution in [0.4, 0.5) is 5.69 Å². The summed E-state index contributed by atoms with van der Waals surface area (Å²) in [6, 6.07) is 14.7. The largest absolute Gasteiger partial charge is 0.493 e. The van der Waals surface area contributed by atoms with Crippen LogP contribution in [0.15, 0.2) is 53.9 Å². The summed E-state index contributed by atoms with van der Waals surface area (Å²) >= 11 is 1.67. The number of pyridine rings is 1. The van der Waals surface area contributed by atoms with Crippen molar-refractivity contribution in [3.8, 4) is 22.8 Å². The fourth-order valence-corrected chi connectivity index (χ4v) is 4.83. The zero-order chi connectivity index (χ0) is 25.1. The first kappa shape index (κ1) is 24.2. The fraction of sp³-hybridized carbons (Fsp3) is 0.222. The van der Waals surface area contributed by atoms with Crippen molar-refractivity contribution in [1.29, 1.82) is 0 Å². The Morgan fingerprint density at radius 3 is 2.51 bits per heavy atom. The first-order valence-electron chi connectivity index (χ1n) is 11.0. The van der Waals surface area contributed by atoms with Gasteiger partial charge in [0.05, 0.1) is 26.5 Å². The van der Waals surface area contributed by atoms with Gasteiger partial charge in [-0.2, -0.15) is 0 Å². The molecule has 0 saturated heterocycles. The number of thiophene rings is 1. The molecule has 1 amide bonds. The van der Waals surface area contributed by atoms with Crippen molar-refractivity contribution in [3.63, 3.8) is 0 Å². The Balaban J connectivity index is 1.59. The van der Waals surface area contributed by atoms with Crippen LogP contribution in [0, 0.1) is 6.92 Å². The first-order valence-corrected chi connectivity index (χ1v) is 11.9. The number of carbonyl (C=O) groups excluding carboxylic acids is 2. The molecule has 0 radical (unpaired) electrons. The number of nitrogens with one attached hydrogen (secondary N) is 1. The molecule has 4 aromatic rings. The molecule has 7 nitrogen and oxygen atoms in total. The number of amides is 1. The molecular formula is C27H27N3O4S. The predicted molar refractivity (Wildman–Crippen MR) is 140 cm³/mol. The van der Waals surface area contributed by atoms with Crippen molar-refractivity contribution in [2.75, 3.05) is 39.8 Å². The van der Waals surface area contributed by atoms with E-state index in [9.17, 15) is 9.59 Å². The Hall–Kier alpha value is -3.91. The fourth-order valence-electron chi connectivity index (χ4n) is 3.79. The second-order valence-electron chi connectivity index (χ2n) is 8.27. The van der Waals surface area contributed by atoms with Crippen LogP contribution < -0.4 is 19.7 Å². The molecule has 35 heavy (non-hydrogen) atoms. The van der Waals surface area contributed by atoms with Gasteiger partial charge in [-0.05, 0) is 42.8 Å². The van der Waals surface area contributed by atoms with E-state index in [1.807, 2.05) is 31.1 Å². The standard InChI is InChI=1S/C27H27N3O4S/c1-16-7-6-8-19-20(15-35-26(16)19)21-12-18(30(2)3)13-22(29-21)23(31)14-28-27(32)17-9-10-24(33-4)25(11-17)34-5/h6-13,15H,14H2,1-5H3,(H,28,32). The molecular weight excluding hydrogens is 462 g/mol. The predicted octanol–water partition coefficient (Wildman–Crippen LogP) is 4.97. The highest BCUT2D eigenvalue weighted by molar-refractivity contribution is 7.18. The van der Waals surface area contributed by atoms with E-state index in [1.165, 1.54) is 24.5 Å². The van der Waals surface area contributed by atoms with E-state index in [4.69, 9.17) is 9.47 Å². The zero-order valence-corrected chi connectivity index (χ0v) is 21.2. The molecule has 1 N–H and O–H groups in total. The number of benzene rings is 2. The van der Waals surface area contributed by atoms with Gasteiger partial charge in [-0.15, -0.1) is 11.3 Å². The van der Waals surface area contributed by atoms with Crippen molar-refractivity contribution in [2.24, 2.45) is 0 Å². The van der Waals surface area contributed by atoms with E-state index in [2.05, 4.69) is 34.7 Å². The molecule has 0 spiro atoms. The molecule has 0 aliphatic rings. The Morgan fingerprint density at radius 2 is 1.80 bits per heavy atom. The van der Waals surface area contributed by atoms with Gasteiger partial charge < -0.3 is 19.7 Å². The first-order chi connectivity index (χ1) is 16.8. The van der Waals surface area contributed by atoms with Crippen LogP contribution in [0.3, 0.4) is 0 Å². The number of aryl methyl sites for hydroxylation is 1. The molecule has 0 saturated carbocycles. The summed E-state index contributed by atoms with van der Waals surface area (Å²) in [7, 11) is 6.87. The van der Waals surface area contributed by atoms with Crippen molar-refractivity contribution in [2.45, 2.75) is 6.92 Å². The van der Waals surface area contributed by atoms with Gasteiger partial charge in [0.1, 0.15) is 5.69 Å². The number of ketones is 1. The number of Topliss-reactive ketones (excluding diaryl/α,β-unsaturated/α-hetero) is 1. The summed E-state index contributed by atoms with van der Waals surface area (Å²) in [6.07, 6.45) is 0. The lowest BCUT2D eigenvalue weighted by Gasteiger charge is -2.15. The molecule has 0 unspecified atom stereocenters. The highest BCUT2D eigenvalue weighted by Gasteiger charge is 2.17. The van der Waals surface area contributed by atoms with Crippen LogP contribution >= 0.6 is 11.3 Å². The highest BCUT2D eigenvalue weighted by Crippen LogP contribution is 2.36. The minimum Gasteiger partial charge on any atom is -0.493 e. The van der Waals surface area contributed by atoms with Crippen molar-refractivity contribution in [3.05, 3.63) is 70.7 Å². The molecule has 2 aromatic heterocycles. The summed E-state index contributed by atoms with van der Waals surface area (Å²) in [6.45, 7) is 1.91. The molecule has 180 valence electrons. The monoisotopic (exact) mass is 489 g/mol. The van der Waals surface area contributed by atoms with Crippen LogP contribution in [0.5, 0.6) is 11.5 Å². The Bertz CT molecular complexity index is 1410. The number of rotatable bonds is 8. The van der Waals surface area contributed by atoms with Gasteiger partial charge >= 0.3 is 0 Å². The SMILES string of the molecule is COc1ccc(C(=O)NCC(=O)c2cc(N(C)C)cc(-c3csc4c(C)cccc34)n2)cc1OC. The molecule has 0 fully saturated rings. The summed E-state index contributed by atoms with van der Waals surface area (Å²) in [5.74, 6) is 0.297. The van der Waals surface area contributed by atoms with E-state index in [-0.39, 0.29) is 18.2 Å². The number of methoxy groups -OCH3 is 2. The number of aromatic nitrogens is 1. The summed E-state index contributed by atoms with van der Waals surface area (Å²) < 4.78 is 11.7. The maximum absolute atomic E-state index is 13.1. The normalized spacial score (nSPS) is 10.8. The number of fused-ring (bicyclic) bond motifs is 1. The lowest BCUT2D eigenvalue weighted by molar-refractivity contribution is 0.0902. The molecule has 0 aliphatic heterocycles. The second-order valence-corrected chi connectivity index (χ2v) is 9.15. The third-order valence-electron chi connectivity index (χ3n) is 5.74. The number of ether oxygens (including phenoxy) is 2. The minimum absolute atomic E-state index is 0.181. The molecule has 0 aliphatic carbocycles. The number of nitrogens with zero attached hydrogens (tertiary/aromatic N) is 2. The Morgan fingerprint density at radius 1 is 1.03 bits per heavy atom. The second kappa shape index (κ2) is 10.1. The number of anilines is 1. The third-order valence-corrected chi connectivity index (χ3v) is 6.87. The number of carbonyl (C=O) groups is 2. The van der Waals surface area contributed by atoms with Crippen LogP contribution in [0.25, 0.3) is 21.3 Å². The van der Waals surface area contributed by atoms with Gasteiger partial charge in [0.25, 0.3) is 5.91 Å². The van der Waals surface area contributed by atoms with Crippen molar-refractivity contribution < 1.29 is 19.1 Å². The zero-order valence-electron chi connectivity index (χ0n) is 20.3. The van der Waals surface area contributed by atoms with Crippen molar-refractivity contribution >= 4 is 38.8 Å². The average molecular weight is 490 g/mol. The van der Waals surface area contributed by atoms with Crippen molar-refractivity contribution in [1.82, 2.24) is 10.3 Å². The van der Waals surface area contributed by atoms with Gasteiger partial charge in [-0.1, -0.05) is 18.2 Å². The summed E-state index contributed by atoms with van der Waals surface area (Å²) in [5, 5.41) is 5.88. The minimum atomic E-state index is -0.386. The Kier molecular flexibility index (Phi) is 7.02. The number of hydrogen-bond donors (Lipinski definition) is 1. The maximum atomic E-state index is 13.1. The van der Waals surface area contributed by atoms with E-state index < -0.39 is 0 Å². The quantitative estimate of drug-likeness (QED) is 0.352. The highest BCUT2D eigenvalue weighted by atomic mass is 32.1. The molecule has 0 atom stereocenters. The van der Waals surface area contributed by atoms with Gasteiger partial charge in [-0.3, -0.25) is 9.59 Å². The van der Waals surface area contributed by atoms with Crippen LogP contribution in [-0.4, -0.2) is 51.5 Å². The van der Waals surface area contributed by atoms with Crippen LogP contribution in [0.1, 0.15) is 26.4 Å². The summed E-state index contributed by atoms with van der Waals surface area (Å²) in [4.78, 5) is 32.4. The Labute approximate surface area is 208 Å². The van der Waals surface area contributed by atoms with Crippen LogP contribution in [0.2, 0.25) is 0 Å². The van der Waals surface area contributed by atoms with Gasteiger partial charge in [0.2, 0.25) is 0 Å². The number of hydrogen-bond acceptors (Lipinski definition) is 7. The van der Waals surface area contributed by atoms with E-state index in [0.717, 1.165) is 22.3 Å². The topological polar surface area (TPSA) is 80.8 Å². The van der Waals surface area contributed by atoms with Gasteiger partial charge in [0.15, 0.2) is 17.3 Å². The lowest BCUT2D eigenvalue weighted by atomic mass is 10.1. The molecule has 4 rings (SSSR count). The lowest BCUT2D eigenvalue weighted by Crippen LogP contribution is -2.30. The van der Waals surface area contributed by atoms with Gasteiger partial charge in [-0.25, -0.2) is 4.98 Å². The summed E-state index contributed by atoms with van der Waals surface area (Å²) in [5.41, 5.74) is 4.44. The van der Waals surface area contributed by atoms with Crippen LogP contribution in [-0.2, 0) is 0 Å². The van der Waals surface area contributed by atoms with E-state index in [0.29, 0.717) is 22.8 Å². The maximum Gasteiger partial charge on any atom is 0.251 e. The van der Waals surface area contributed by atoms with E-state index in [1.54, 1.807) is 35.6 Å². The molecule has 8 heteroatoms. The van der Waals surface area contributed by atoms with Gasteiger partial charge in [0, 0.05) is 46.4 Å². The smallest absolute Gasteiger partial charge is 0.251 e. The molecule has 2 aromatic carbocycles. The van der Waals surface area contributed by atoms with E-state index >= 15 is 0 Å². The third kappa shape index (κ3) is 4.97. The molecule has 2 heterocycles. The average Bonchev–Trinajstić information content (AvgIpc) is 3.31.